The molecule has 0 saturated heterocycles. The first kappa shape index (κ1) is 27.2. The molecule has 8 nitrogen and oxygen atoms in total. The van der Waals surface area contributed by atoms with Gasteiger partial charge in [0.15, 0.2) is 0 Å². The number of carbonyl (C=O) groups is 2. The van der Waals surface area contributed by atoms with Crippen LogP contribution in [0.2, 0.25) is 0 Å². The second kappa shape index (κ2) is 10.3. The average molecular weight is 483 g/mol. The molecule has 0 aromatic heterocycles. The highest BCUT2D eigenvalue weighted by Gasteiger charge is 2.70. The van der Waals surface area contributed by atoms with Gasteiger partial charge in [-0.1, -0.05) is 27.7 Å². The number of fused-ring (bicyclic) bond motifs is 5. The minimum Gasteiger partial charge on any atom is -0.469 e. The van der Waals surface area contributed by atoms with Gasteiger partial charge >= 0.3 is 12.1 Å². The fourth-order valence-electron chi connectivity index (χ4n) is 8.26. The van der Waals surface area contributed by atoms with Crippen LogP contribution in [0.5, 0.6) is 0 Å². The molecule has 34 heavy (non-hydrogen) atoms. The molecule has 4 fully saturated rings. The molecule has 4 saturated carbocycles. The van der Waals surface area contributed by atoms with E-state index < -0.39 is 23.2 Å². The Hall–Kier alpha value is -1.38. The first-order valence-electron chi connectivity index (χ1n) is 13.2. The van der Waals surface area contributed by atoms with E-state index in [-0.39, 0.29) is 48.4 Å². The Bertz CT molecular complexity index is 749. The number of amides is 1. The highest BCUT2D eigenvalue weighted by Crippen LogP contribution is 2.68. The Morgan fingerprint density at radius 3 is 2.41 bits per heavy atom. The number of ether oxygens (including phenoxy) is 2. The summed E-state index contributed by atoms with van der Waals surface area (Å²) in [6.45, 7) is 8.43. The van der Waals surface area contributed by atoms with Crippen LogP contribution in [0.15, 0.2) is 0 Å². The van der Waals surface area contributed by atoms with Crippen molar-refractivity contribution in [2.45, 2.75) is 96.8 Å². The molecule has 0 bridgehead atoms. The van der Waals surface area contributed by atoms with Gasteiger partial charge in [-0.3, -0.25) is 4.79 Å². The lowest BCUT2D eigenvalue weighted by atomic mass is 9.42. The quantitative estimate of drug-likeness (QED) is 0.453. The maximum atomic E-state index is 12.6. The van der Waals surface area contributed by atoms with Crippen molar-refractivity contribution >= 4 is 12.1 Å². The van der Waals surface area contributed by atoms with E-state index in [0.29, 0.717) is 18.8 Å². The molecule has 8 heteroatoms. The maximum absolute atomic E-state index is 12.6. The summed E-state index contributed by atoms with van der Waals surface area (Å²) in [7, 11) is 1.41. The fraction of sp³-hybridized carbons (Fsp3) is 0.923. The summed E-state index contributed by atoms with van der Waals surface area (Å²) in [5, 5.41) is 22.9. The second-order valence-electron chi connectivity index (χ2n) is 11.1. The van der Waals surface area contributed by atoms with E-state index in [1.807, 2.05) is 20.8 Å². The first-order chi connectivity index (χ1) is 16.1. The van der Waals surface area contributed by atoms with Gasteiger partial charge in [-0.2, -0.15) is 0 Å². The zero-order valence-corrected chi connectivity index (χ0v) is 21.6. The topological polar surface area (TPSA) is 131 Å². The molecule has 5 N–H and O–H groups in total. The van der Waals surface area contributed by atoms with Gasteiger partial charge in [-0.05, 0) is 74.5 Å². The van der Waals surface area contributed by atoms with Crippen molar-refractivity contribution in [2.75, 3.05) is 20.3 Å². The molecule has 0 spiro atoms. The zero-order chi connectivity index (χ0) is 25.3. The van der Waals surface area contributed by atoms with Gasteiger partial charge in [-0.15, -0.1) is 0 Å². The summed E-state index contributed by atoms with van der Waals surface area (Å²) >= 11 is 0. The van der Waals surface area contributed by atoms with Crippen molar-refractivity contribution in [1.82, 2.24) is 5.32 Å². The lowest BCUT2D eigenvalue weighted by Gasteiger charge is -2.65. The Kier molecular flexibility index (Phi) is 8.25. The van der Waals surface area contributed by atoms with Crippen LogP contribution >= 0.6 is 0 Å². The third-order valence-corrected chi connectivity index (χ3v) is 10.2. The van der Waals surface area contributed by atoms with Gasteiger partial charge in [0.05, 0.1) is 25.7 Å². The number of alkyl carbamates (subject to hydrolysis) is 1. The molecule has 0 radical (unpaired) electrons. The molecule has 0 aliphatic heterocycles. The van der Waals surface area contributed by atoms with E-state index >= 15 is 0 Å². The molecule has 0 aromatic rings. The van der Waals surface area contributed by atoms with Crippen molar-refractivity contribution in [3.8, 4) is 0 Å². The fourth-order valence-corrected chi connectivity index (χ4v) is 8.26. The average Bonchev–Trinajstić information content (AvgIpc) is 3.12. The Balaban J connectivity index is 0.00000158. The highest BCUT2D eigenvalue weighted by atomic mass is 16.6. The predicted molar refractivity (Wildman–Crippen MR) is 129 cm³/mol. The minimum atomic E-state index is -0.671. The minimum absolute atomic E-state index is 0.0301. The van der Waals surface area contributed by atoms with Crippen LogP contribution in [-0.4, -0.2) is 60.3 Å². The van der Waals surface area contributed by atoms with Crippen LogP contribution < -0.4 is 11.1 Å². The van der Waals surface area contributed by atoms with Crippen LogP contribution in [0, 0.1) is 34.5 Å². The van der Waals surface area contributed by atoms with E-state index in [4.69, 9.17) is 20.3 Å². The van der Waals surface area contributed by atoms with E-state index in [1.165, 1.54) is 7.11 Å². The molecule has 9 atom stereocenters. The van der Waals surface area contributed by atoms with E-state index in [1.54, 1.807) is 0 Å². The number of hydrogen-bond acceptors (Lipinski definition) is 7. The van der Waals surface area contributed by atoms with Gasteiger partial charge in [-0.25, -0.2) is 4.79 Å². The first-order valence-corrected chi connectivity index (χ1v) is 13.2. The molecule has 4 aliphatic rings. The predicted octanol–water partition coefficient (Wildman–Crippen LogP) is 2.98. The Morgan fingerprint density at radius 2 is 1.76 bits per heavy atom. The second-order valence-corrected chi connectivity index (χ2v) is 11.1. The number of methoxy groups -OCH3 is 1. The monoisotopic (exact) mass is 482 g/mol. The summed E-state index contributed by atoms with van der Waals surface area (Å²) in [6, 6.07) is 0. The summed E-state index contributed by atoms with van der Waals surface area (Å²) in [5.41, 5.74) is 5.96. The van der Waals surface area contributed by atoms with Gasteiger partial charge in [0.1, 0.15) is 6.10 Å². The number of hydrogen-bond donors (Lipinski definition) is 4. The smallest absolute Gasteiger partial charge is 0.407 e. The van der Waals surface area contributed by atoms with E-state index in [0.717, 1.165) is 38.5 Å². The van der Waals surface area contributed by atoms with Crippen molar-refractivity contribution in [1.29, 1.82) is 0 Å². The van der Waals surface area contributed by atoms with Crippen molar-refractivity contribution in [2.24, 2.45) is 40.2 Å². The number of esters is 1. The van der Waals surface area contributed by atoms with Crippen LogP contribution in [0.3, 0.4) is 0 Å². The molecule has 1 amide bonds. The van der Waals surface area contributed by atoms with Crippen LogP contribution in [0.25, 0.3) is 0 Å². The molecule has 4 rings (SSSR count). The van der Waals surface area contributed by atoms with Crippen molar-refractivity contribution in [3.63, 3.8) is 0 Å². The summed E-state index contributed by atoms with van der Waals surface area (Å²) in [6.07, 6.45) is 5.35. The summed E-state index contributed by atoms with van der Waals surface area (Å²) in [5.74, 6) is 0.341. The zero-order valence-electron chi connectivity index (χ0n) is 21.6. The molecule has 9 unspecified atom stereocenters. The number of carbonyl (C=O) groups excluding carboxylic acids is 2. The molecular formula is C26H46N2O6. The largest absolute Gasteiger partial charge is 0.469 e. The molecule has 4 aliphatic carbocycles. The van der Waals surface area contributed by atoms with E-state index in [2.05, 4.69) is 12.2 Å². The molecule has 0 heterocycles. The third kappa shape index (κ3) is 4.13. The maximum Gasteiger partial charge on any atom is 0.407 e. The summed E-state index contributed by atoms with van der Waals surface area (Å²) in [4.78, 5) is 24.5. The lowest BCUT2D eigenvalue weighted by Crippen LogP contribution is -2.71. The number of aliphatic hydroxyl groups excluding tert-OH is 2. The molecule has 196 valence electrons. The van der Waals surface area contributed by atoms with Crippen molar-refractivity contribution < 1.29 is 29.3 Å². The van der Waals surface area contributed by atoms with Gasteiger partial charge in [0, 0.05) is 17.5 Å². The SMILES string of the molecule is CC.COC(=O)C1CCC2(N)C3CCC4CC(OC(=O)NCCO)CCC4(C)C3CC(O)C12C. The lowest BCUT2D eigenvalue weighted by molar-refractivity contribution is -0.188. The molecular weight excluding hydrogens is 436 g/mol. The molecule has 0 aromatic carbocycles. The Morgan fingerprint density at radius 1 is 1.06 bits per heavy atom. The number of aliphatic hydroxyl groups is 2. The number of nitrogens with one attached hydrogen (secondary N) is 1. The van der Waals surface area contributed by atoms with Gasteiger partial charge < -0.3 is 30.7 Å². The third-order valence-electron chi connectivity index (χ3n) is 10.2. The van der Waals surface area contributed by atoms with Crippen LogP contribution in [0.4, 0.5) is 4.79 Å². The number of rotatable bonds is 4. The van der Waals surface area contributed by atoms with Crippen LogP contribution in [-0.2, 0) is 14.3 Å². The van der Waals surface area contributed by atoms with Crippen molar-refractivity contribution in [3.05, 3.63) is 0 Å². The number of nitrogens with two attached hydrogens (primary N) is 1. The summed E-state index contributed by atoms with van der Waals surface area (Å²) < 4.78 is 10.7. The van der Waals surface area contributed by atoms with Gasteiger partial charge in [0.2, 0.25) is 0 Å². The van der Waals surface area contributed by atoms with Gasteiger partial charge in [0.25, 0.3) is 0 Å². The normalized spacial score (nSPS) is 44.9. The van der Waals surface area contributed by atoms with E-state index in [9.17, 15) is 14.7 Å². The highest BCUT2D eigenvalue weighted by molar-refractivity contribution is 5.74. The standard InChI is InChI=1S/C24H40N2O6.C2H6/c1-22-8-6-15(32-21(30)26-10-11-27)12-14(22)4-5-16-18(22)13-19(28)23(2)17(20(29)31-3)7-9-24(16,23)25;1-2/h14-19,27-28H,4-13,25H2,1-3H3,(H,26,30);1-2H3. The van der Waals surface area contributed by atoms with Crippen LogP contribution in [0.1, 0.15) is 79.1 Å². The Labute approximate surface area is 204 Å².